The van der Waals surface area contributed by atoms with Crippen molar-refractivity contribution in [3.8, 4) is 17.2 Å². The number of hydrogen-bond acceptors (Lipinski definition) is 7. The fourth-order valence-corrected chi connectivity index (χ4v) is 3.94. The summed E-state index contributed by atoms with van der Waals surface area (Å²) in [5.74, 6) is 0.877. The van der Waals surface area contributed by atoms with Crippen molar-refractivity contribution in [2.24, 2.45) is 5.92 Å². The van der Waals surface area contributed by atoms with Crippen molar-refractivity contribution < 1.29 is 28.5 Å². The number of nitrogens with one attached hydrogen (secondary N) is 1. The van der Waals surface area contributed by atoms with Crippen molar-refractivity contribution >= 4 is 28.2 Å². The zero-order valence-corrected chi connectivity index (χ0v) is 17.1. The zero-order valence-electron chi connectivity index (χ0n) is 16.3. The molecule has 28 heavy (non-hydrogen) atoms. The van der Waals surface area contributed by atoms with Crippen LogP contribution >= 0.6 is 11.3 Å². The summed E-state index contributed by atoms with van der Waals surface area (Å²) in [6, 6.07) is 3.19. The second-order valence-electron chi connectivity index (χ2n) is 6.71. The number of benzene rings is 1. The number of anilines is 1. The Hall–Kier alpha value is -2.74. The molecule has 150 valence electrons. The second kappa shape index (κ2) is 8.52. The Balaban J connectivity index is 1.91. The van der Waals surface area contributed by atoms with Gasteiger partial charge >= 0.3 is 5.97 Å². The van der Waals surface area contributed by atoms with E-state index in [2.05, 4.69) is 19.2 Å². The Bertz CT molecular complexity index is 872. The Kier molecular flexibility index (Phi) is 6.08. The van der Waals surface area contributed by atoms with E-state index in [9.17, 15) is 9.59 Å². The molecule has 1 aromatic carbocycles. The van der Waals surface area contributed by atoms with E-state index in [1.807, 2.05) is 5.38 Å². The molecule has 7 nitrogen and oxygen atoms in total. The Morgan fingerprint density at radius 3 is 2.64 bits per heavy atom. The van der Waals surface area contributed by atoms with E-state index in [-0.39, 0.29) is 5.91 Å². The van der Waals surface area contributed by atoms with Crippen molar-refractivity contribution in [2.45, 2.75) is 20.3 Å². The molecule has 0 fully saturated rings. The monoisotopic (exact) mass is 405 g/mol. The molecule has 0 spiro atoms. The summed E-state index contributed by atoms with van der Waals surface area (Å²) < 4.78 is 21.4. The van der Waals surface area contributed by atoms with Crippen LogP contribution in [0.4, 0.5) is 5.00 Å². The van der Waals surface area contributed by atoms with Gasteiger partial charge < -0.3 is 24.3 Å². The Morgan fingerprint density at radius 1 is 1.21 bits per heavy atom. The number of carbonyl (C=O) groups is 2. The quantitative estimate of drug-likeness (QED) is 0.737. The number of fused-ring (bicyclic) bond motifs is 1. The van der Waals surface area contributed by atoms with Crippen LogP contribution in [0.1, 0.15) is 40.1 Å². The first kappa shape index (κ1) is 20.0. The van der Waals surface area contributed by atoms with Crippen molar-refractivity contribution in [2.75, 3.05) is 32.8 Å². The van der Waals surface area contributed by atoms with Gasteiger partial charge in [0, 0.05) is 5.56 Å². The number of esters is 1. The maximum absolute atomic E-state index is 12.9. The van der Waals surface area contributed by atoms with Crippen LogP contribution in [0.15, 0.2) is 17.5 Å². The molecule has 0 saturated heterocycles. The van der Waals surface area contributed by atoms with Crippen LogP contribution < -0.4 is 19.5 Å². The molecule has 2 heterocycles. The van der Waals surface area contributed by atoms with Gasteiger partial charge in [-0.3, -0.25) is 4.79 Å². The lowest BCUT2D eigenvalue weighted by atomic mass is 10.0. The van der Waals surface area contributed by atoms with E-state index in [1.54, 1.807) is 12.1 Å². The number of hydrogen-bond donors (Lipinski definition) is 1. The normalized spacial score (nSPS) is 12.6. The summed E-state index contributed by atoms with van der Waals surface area (Å²) in [6.07, 6.45) is 0.717. The first-order chi connectivity index (χ1) is 13.4. The van der Waals surface area contributed by atoms with Gasteiger partial charge in [0.2, 0.25) is 5.75 Å². The van der Waals surface area contributed by atoms with Crippen LogP contribution in [0.25, 0.3) is 0 Å². The molecule has 1 N–H and O–H groups in total. The molecule has 0 aliphatic carbocycles. The summed E-state index contributed by atoms with van der Waals surface area (Å²) in [5.41, 5.74) is 1.61. The van der Waals surface area contributed by atoms with E-state index >= 15 is 0 Å². The van der Waals surface area contributed by atoms with Gasteiger partial charge in [-0.2, -0.15) is 0 Å². The number of rotatable bonds is 6. The first-order valence-electron chi connectivity index (χ1n) is 8.92. The van der Waals surface area contributed by atoms with Crippen molar-refractivity contribution in [3.63, 3.8) is 0 Å². The molecule has 0 unspecified atom stereocenters. The van der Waals surface area contributed by atoms with Gasteiger partial charge in [0.15, 0.2) is 11.5 Å². The molecule has 0 radical (unpaired) electrons. The van der Waals surface area contributed by atoms with E-state index in [4.69, 9.17) is 18.9 Å². The number of methoxy groups -OCH3 is 2. The molecule has 1 aromatic heterocycles. The largest absolute Gasteiger partial charge is 0.493 e. The highest BCUT2D eigenvalue weighted by Crippen LogP contribution is 2.40. The number of amides is 1. The maximum atomic E-state index is 12.9. The summed E-state index contributed by atoms with van der Waals surface area (Å²) in [7, 11) is 2.83. The van der Waals surface area contributed by atoms with Gasteiger partial charge in [-0.15, -0.1) is 11.3 Å². The smallest absolute Gasteiger partial charge is 0.341 e. The lowest BCUT2D eigenvalue weighted by Gasteiger charge is -2.21. The third kappa shape index (κ3) is 4.06. The summed E-state index contributed by atoms with van der Waals surface area (Å²) in [4.78, 5) is 25.1. The van der Waals surface area contributed by atoms with Crippen LogP contribution in [-0.4, -0.2) is 39.3 Å². The highest BCUT2D eigenvalue weighted by molar-refractivity contribution is 7.15. The highest BCUT2D eigenvalue weighted by Gasteiger charge is 2.24. The molecule has 1 aliphatic rings. The van der Waals surface area contributed by atoms with E-state index in [0.717, 1.165) is 5.56 Å². The maximum Gasteiger partial charge on any atom is 0.341 e. The topological polar surface area (TPSA) is 83.1 Å². The molecule has 1 amide bonds. The number of carbonyl (C=O) groups excluding carboxylic acids is 2. The van der Waals surface area contributed by atoms with Gasteiger partial charge in [-0.1, -0.05) is 13.8 Å². The lowest BCUT2D eigenvalue weighted by molar-refractivity contribution is 0.0601. The molecule has 3 rings (SSSR count). The minimum Gasteiger partial charge on any atom is -0.493 e. The Labute approximate surface area is 167 Å². The van der Waals surface area contributed by atoms with E-state index < -0.39 is 5.97 Å². The average molecular weight is 405 g/mol. The van der Waals surface area contributed by atoms with Crippen molar-refractivity contribution in [1.29, 1.82) is 0 Å². The van der Waals surface area contributed by atoms with Gasteiger partial charge in [0.25, 0.3) is 5.91 Å². The summed E-state index contributed by atoms with van der Waals surface area (Å²) >= 11 is 1.30. The fraction of sp³-hybridized carbons (Fsp3) is 0.400. The minimum absolute atomic E-state index is 0.343. The highest BCUT2D eigenvalue weighted by atomic mass is 32.1. The minimum atomic E-state index is -0.466. The summed E-state index contributed by atoms with van der Waals surface area (Å²) in [5, 5.41) is 5.16. The first-order valence-corrected chi connectivity index (χ1v) is 9.80. The summed E-state index contributed by atoms with van der Waals surface area (Å²) in [6.45, 7) is 4.96. The lowest BCUT2D eigenvalue weighted by Crippen LogP contribution is -2.18. The van der Waals surface area contributed by atoms with Crippen molar-refractivity contribution in [3.05, 3.63) is 34.2 Å². The standard InChI is InChI=1S/C20H23NO6S/c1-11(2)7-13-10-28-19(16(13)20(23)25-4)21-18(22)12-8-14(24-3)17-15(9-12)26-5-6-27-17/h8-11H,5-7H2,1-4H3,(H,21,22). The Morgan fingerprint density at radius 2 is 1.96 bits per heavy atom. The van der Waals surface area contributed by atoms with Gasteiger partial charge in [-0.25, -0.2) is 4.79 Å². The van der Waals surface area contributed by atoms with Crippen molar-refractivity contribution in [1.82, 2.24) is 0 Å². The average Bonchev–Trinajstić information content (AvgIpc) is 3.07. The third-order valence-corrected chi connectivity index (χ3v) is 5.15. The van der Waals surface area contributed by atoms with Crippen LogP contribution in [0, 0.1) is 5.92 Å². The number of ether oxygens (including phenoxy) is 4. The van der Waals surface area contributed by atoms with Crippen LogP contribution in [0.3, 0.4) is 0 Å². The molecular weight excluding hydrogens is 382 g/mol. The molecule has 0 atom stereocenters. The van der Waals surface area contributed by atoms with Crippen LogP contribution in [-0.2, 0) is 11.2 Å². The third-order valence-electron chi connectivity index (χ3n) is 4.20. The van der Waals surface area contributed by atoms with Gasteiger partial charge in [0.05, 0.1) is 19.8 Å². The van der Waals surface area contributed by atoms with Crippen LogP contribution in [0.5, 0.6) is 17.2 Å². The fourth-order valence-electron chi connectivity index (χ4n) is 2.98. The molecule has 0 bridgehead atoms. The van der Waals surface area contributed by atoms with E-state index in [1.165, 1.54) is 25.6 Å². The molecule has 1 aliphatic heterocycles. The molecule has 2 aromatic rings. The van der Waals surface area contributed by atoms with Crippen LogP contribution in [0.2, 0.25) is 0 Å². The zero-order chi connectivity index (χ0) is 20.3. The second-order valence-corrected chi connectivity index (χ2v) is 7.59. The molecular formula is C20H23NO6S. The van der Waals surface area contributed by atoms with Gasteiger partial charge in [-0.05, 0) is 35.4 Å². The molecule has 0 saturated carbocycles. The predicted octanol–water partition coefficient (Wildman–Crippen LogP) is 3.77. The van der Waals surface area contributed by atoms with E-state index in [0.29, 0.717) is 58.9 Å². The molecule has 8 heteroatoms. The predicted molar refractivity (Wildman–Crippen MR) is 106 cm³/mol. The number of thiophene rings is 1. The van der Waals surface area contributed by atoms with Gasteiger partial charge in [0.1, 0.15) is 18.2 Å². The SMILES string of the molecule is COC(=O)c1c(CC(C)C)csc1NC(=O)c1cc(OC)c2c(c1)OCCO2.